The number of aromatic nitrogens is 2. The van der Waals surface area contributed by atoms with Gasteiger partial charge in [0.05, 0.1) is 5.69 Å². The monoisotopic (exact) mass is 414 g/mol. The van der Waals surface area contributed by atoms with E-state index in [1.54, 1.807) is 0 Å². The number of aryl methyl sites for hydroxylation is 2. The van der Waals surface area contributed by atoms with Crippen molar-refractivity contribution < 1.29 is 14.3 Å². The first-order chi connectivity index (χ1) is 14.9. The van der Waals surface area contributed by atoms with Gasteiger partial charge >= 0.3 is 5.97 Å². The van der Waals surface area contributed by atoms with Gasteiger partial charge in [-0.05, 0) is 43.5 Å². The van der Waals surface area contributed by atoms with Crippen LogP contribution in [-0.2, 0) is 9.53 Å². The Labute approximate surface area is 179 Å². The molecule has 6 heteroatoms. The van der Waals surface area contributed by atoms with E-state index >= 15 is 0 Å². The lowest BCUT2D eigenvalue weighted by Crippen LogP contribution is -2.28. The van der Waals surface area contributed by atoms with Crippen LogP contribution in [0.4, 0.5) is 0 Å². The molecule has 4 rings (SSSR count). The number of esters is 1. The van der Waals surface area contributed by atoms with Crippen molar-refractivity contribution in [3.05, 3.63) is 93.6 Å². The summed E-state index contributed by atoms with van der Waals surface area (Å²) in [4.78, 5) is 42.3. The Morgan fingerprint density at radius 2 is 1.77 bits per heavy atom. The molecule has 1 aromatic heterocycles. The van der Waals surface area contributed by atoms with Crippen molar-refractivity contribution in [2.75, 3.05) is 0 Å². The van der Waals surface area contributed by atoms with E-state index in [0.717, 1.165) is 16.7 Å². The second-order valence-corrected chi connectivity index (χ2v) is 7.59. The number of benzene rings is 2. The highest BCUT2D eigenvalue weighted by molar-refractivity contribution is 5.93. The maximum atomic E-state index is 13.4. The average Bonchev–Trinajstić information content (AvgIpc) is 2.76. The van der Waals surface area contributed by atoms with Gasteiger partial charge in [-0.2, -0.15) is 0 Å². The van der Waals surface area contributed by atoms with Crippen LogP contribution in [0.15, 0.2) is 71.4 Å². The van der Waals surface area contributed by atoms with E-state index in [9.17, 15) is 14.4 Å². The van der Waals surface area contributed by atoms with Crippen LogP contribution in [0.2, 0.25) is 0 Å². The summed E-state index contributed by atoms with van der Waals surface area (Å²) in [7, 11) is 0. The molecular weight excluding hydrogens is 392 g/mol. The third kappa shape index (κ3) is 4.23. The minimum absolute atomic E-state index is 0.0841. The molecule has 1 aliphatic carbocycles. The van der Waals surface area contributed by atoms with Gasteiger partial charge in [0.1, 0.15) is 17.1 Å². The topological polar surface area (TPSA) is 78.3 Å². The fraction of sp³-hybridized carbons (Fsp3) is 0.200. The van der Waals surface area contributed by atoms with Gasteiger partial charge in [0.25, 0.3) is 5.56 Å². The molecular formula is C25H22N2O4. The summed E-state index contributed by atoms with van der Waals surface area (Å²) in [5.41, 5.74) is 2.76. The van der Waals surface area contributed by atoms with Crippen LogP contribution in [0.3, 0.4) is 0 Å². The highest BCUT2D eigenvalue weighted by atomic mass is 16.5. The van der Waals surface area contributed by atoms with Crippen molar-refractivity contribution >= 4 is 11.8 Å². The molecule has 0 unspecified atom stereocenters. The second-order valence-electron chi connectivity index (χ2n) is 7.59. The smallest absolute Gasteiger partial charge is 0.350 e. The quantitative estimate of drug-likeness (QED) is 0.595. The summed E-state index contributed by atoms with van der Waals surface area (Å²) in [5.74, 6) is -0.183. The maximum Gasteiger partial charge on any atom is 0.350 e. The van der Waals surface area contributed by atoms with Gasteiger partial charge < -0.3 is 4.74 Å². The maximum absolute atomic E-state index is 13.4. The first kappa shape index (κ1) is 20.5. The molecule has 0 atom stereocenters. The first-order valence-corrected chi connectivity index (χ1v) is 10.1. The molecule has 156 valence electrons. The zero-order valence-electron chi connectivity index (χ0n) is 17.4. The molecule has 0 saturated heterocycles. The molecule has 0 radical (unpaired) electrons. The van der Waals surface area contributed by atoms with Gasteiger partial charge in [-0.15, -0.1) is 0 Å². The molecule has 0 aliphatic heterocycles. The lowest BCUT2D eigenvalue weighted by Gasteiger charge is -2.16. The summed E-state index contributed by atoms with van der Waals surface area (Å²) in [6, 6.07) is 15.0. The minimum atomic E-state index is -0.810. The minimum Gasteiger partial charge on any atom is -0.427 e. The van der Waals surface area contributed by atoms with Crippen molar-refractivity contribution in [3.63, 3.8) is 0 Å². The van der Waals surface area contributed by atoms with Gasteiger partial charge in [-0.1, -0.05) is 36.4 Å². The molecule has 0 fully saturated rings. The van der Waals surface area contributed by atoms with Crippen LogP contribution < -0.4 is 5.56 Å². The van der Waals surface area contributed by atoms with Gasteiger partial charge in [-0.3, -0.25) is 14.2 Å². The Morgan fingerprint density at radius 1 is 1.00 bits per heavy atom. The fourth-order valence-electron chi connectivity index (χ4n) is 3.51. The summed E-state index contributed by atoms with van der Waals surface area (Å²) in [6.45, 7) is 3.95. The summed E-state index contributed by atoms with van der Waals surface area (Å²) < 4.78 is 6.79. The van der Waals surface area contributed by atoms with Crippen molar-refractivity contribution in [2.45, 2.75) is 33.1 Å². The van der Waals surface area contributed by atoms with Crippen LogP contribution in [0.1, 0.15) is 40.7 Å². The van der Waals surface area contributed by atoms with Crippen molar-refractivity contribution in [1.29, 1.82) is 0 Å². The van der Waals surface area contributed by atoms with Crippen LogP contribution in [-0.4, -0.2) is 21.3 Å². The van der Waals surface area contributed by atoms with E-state index in [4.69, 9.17) is 4.74 Å². The first-order valence-electron chi connectivity index (χ1n) is 10.1. The Hall–Kier alpha value is -3.80. The van der Waals surface area contributed by atoms with Gasteiger partial charge in [0.15, 0.2) is 5.78 Å². The molecule has 3 aromatic rings. The second kappa shape index (κ2) is 8.52. The molecule has 0 amide bonds. The van der Waals surface area contributed by atoms with Crippen molar-refractivity contribution in [2.24, 2.45) is 0 Å². The lowest BCUT2D eigenvalue weighted by molar-refractivity contribution is -0.115. The number of nitrogens with zero attached hydrogens (tertiary/aromatic N) is 2. The van der Waals surface area contributed by atoms with Crippen LogP contribution in [0, 0.1) is 13.8 Å². The molecule has 1 aliphatic rings. The van der Waals surface area contributed by atoms with Gasteiger partial charge in [0, 0.05) is 30.7 Å². The molecule has 1 heterocycles. The average molecular weight is 414 g/mol. The van der Waals surface area contributed by atoms with Gasteiger partial charge in [0.2, 0.25) is 0 Å². The lowest BCUT2D eigenvalue weighted by atomic mass is 10.1. The number of hydrogen-bond acceptors (Lipinski definition) is 5. The summed E-state index contributed by atoms with van der Waals surface area (Å²) >= 11 is 0. The summed E-state index contributed by atoms with van der Waals surface area (Å²) in [5, 5.41) is 0. The number of carbonyl (C=O) groups excluding carboxylic acids is 2. The summed E-state index contributed by atoms with van der Waals surface area (Å²) in [6.07, 6.45) is 4.12. The Bertz CT molecular complexity index is 1260. The molecule has 6 nitrogen and oxygen atoms in total. The van der Waals surface area contributed by atoms with E-state index in [-0.39, 0.29) is 17.1 Å². The van der Waals surface area contributed by atoms with E-state index in [2.05, 4.69) is 4.98 Å². The highest BCUT2D eigenvalue weighted by Gasteiger charge is 2.22. The molecule has 0 N–H and O–H groups in total. The number of carbonyl (C=O) groups is 2. The van der Waals surface area contributed by atoms with E-state index in [1.807, 2.05) is 62.4 Å². The van der Waals surface area contributed by atoms with E-state index < -0.39 is 11.5 Å². The van der Waals surface area contributed by atoms with E-state index in [0.29, 0.717) is 30.8 Å². The predicted molar refractivity (Wildman–Crippen MR) is 117 cm³/mol. The Balaban J connectivity index is 1.84. The molecule has 0 saturated carbocycles. The Kier molecular flexibility index (Phi) is 5.62. The molecule has 0 spiro atoms. The predicted octanol–water partition coefficient (Wildman–Crippen LogP) is 4.31. The van der Waals surface area contributed by atoms with E-state index in [1.165, 1.54) is 16.8 Å². The third-order valence-corrected chi connectivity index (χ3v) is 5.35. The molecule has 0 bridgehead atoms. The Morgan fingerprint density at radius 3 is 2.48 bits per heavy atom. The molecule has 2 aromatic carbocycles. The van der Waals surface area contributed by atoms with Gasteiger partial charge in [-0.25, -0.2) is 9.78 Å². The number of ketones is 1. The number of ether oxygens (including phenoxy) is 1. The number of allylic oxidation sites excluding steroid dienone is 2. The third-order valence-electron chi connectivity index (χ3n) is 5.35. The molecule has 31 heavy (non-hydrogen) atoms. The number of hydrogen-bond donors (Lipinski definition) is 0. The van der Waals surface area contributed by atoms with Crippen molar-refractivity contribution in [1.82, 2.24) is 9.55 Å². The van der Waals surface area contributed by atoms with Crippen LogP contribution in [0.5, 0.6) is 0 Å². The van der Waals surface area contributed by atoms with Crippen molar-refractivity contribution in [3.8, 4) is 17.1 Å². The zero-order valence-corrected chi connectivity index (χ0v) is 17.4. The van der Waals surface area contributed by atoms with Crippen LogP contribution >= 0.6 is 0 Å². The highest BCUT2D eigenvalue weighted by Crippen LogP contribution is 2.22. The van der Waals surface area contributed by atoms with Crippen LogP contribution in [0.25, 0.3) is 17.1 Å². The normalized spacial score (nSPS) is 13.6. The SMILES string of the molecule is Cc1ccc(-n2c(-c3ccccc3)ncc(C(=O)OC3=CC(=O)CCC3)c2=O)cc1C. The fourth-order valence-corrected chi connectivity index (χ4v) is 3.51. The standard InChI is InChI=1S/C25H22N2O4/c1-16-11-12-19(13-17(16)2)27-23(18-7-4-3-5-8-18)26-15-22(24(27)29)25(30)31-21-10-6-9-20(28)14-21/h3-5,7-8,11-15H,6,9-10H2,1-2H3. The number of rotatable bonds is 4. The zero-order chi connectivity index (χ0) is 22.0. The largest absolute Gasteiger partial charge is 0.427 e.